The van der Waals surface area contributed by atoms with Gasteiger partial charge in [-0.05, 0) is 25.3 Å². The molecule has 2 heterocycles. The molecule has 2 fully saturated rings. The average molecular weight is 177 g/mol. The lowest BCUT2D eigenvalue weighted by atomic mass is 9.79. The Morgan fingerprint density at radius 3 is 3.31 bits per heavy atom. The highest BCUT2D eigenvalue weighted by atomic mass is 16.5. The van der Waals surface area contributed by atoms with Gasteiger partial charge in [0.1, 0.15) is 0 Å². The van der Waals surface area contributed by atoms with E-state index in [-0.39, 0.29) is 7.05 Å². The third kappa shape index (κ3) is 1.19. The quantitative estimate of drug-likeness (QED) is 0.576. The van der Waals surface area contributed by atoms with Crippen molar-refractivity contribution in [3.63, 3.8) is 0 Å². The van der Waals surface area contributed by atoms with Crippen molar-refractivity contribution in [3.8, 4) is 0 Å². The molecule has 5 heteroatoms. The molecular formula is C8H12BN3O. The number of fused-ring (bicyclic) bond motifs is 1. The van der Waals surface area contributed by atoms with Gasteiger partial charge in [-0.2, -0.15) is 5.10 Å². The highest BCUT2D eigenvalue weighted by Crippen LogP contribution is 2.26. The molecule has 1 saturated heterocycles. The van der Waals surface area contributed by atoms with Crippen LogP contribution in [0, 0.1) is 0 Å². The van der Waals surface area contributed by atoms with E-state index in [9.17, 15) is 0 Å². The maximum Gasteiger partial charge on any atom is 0.435 e. The molecule has 1 aromatic heterocycles. The molecule has 4 nitrogen and oxygen atoms in total. The Morgan fingerprint density at radius 2 is 2.54 bits per heavy atom. The van der Waals surface area contributed by atoms with E-state index in [0.717, 1.165) is 5.59 Å². The smallest absolute Gasteiger partial charge is 0.412 e. The van der Waals surface area contributed by atoms with Crippen LogP contribution in [0.25, 0.3) is 0 Å². The third-order valence-electron chi connectivity index (χ3n) is 2.93. The van der Waals surface area contributed by atoms with Gasteiger partial charge in [0, 0.05) is 12.2 Å². The first-order valence-electron chi connectivity index (χ1n) is 4.84. The molecule has 1 saturated carbocycles. The van der Waals surface area contributed by atoms with Crippen LogP contribution in [0.15, 0.2) is 12.3 Å². The van der Waals surface area contributed by atoms with Crippen molar-refractivity contribution in [2.24, 2.45) is 0 Å². The topological polar surface area (TPSA) is 49.9 Å². The van der Waals surface area contributed by atoms with Gasteiger partial charge in [0.15, 0.2) is 0 Å². The summed E-state index contributed by atoms with van der Waals surface area (Å²) in [6.45, 7) is 0. The first-order valence-corrected chi connectivity index (χ1v) is 4.84. The molecule has 1 aliphatic heterocycles. The Balaban J connectivity index is 1.76. The highest BCUT2D eigenvalue weighted by molar-refractivity contribution is 6.64. The molecule has 1 aliphatic carbocycles. The second-order valence-electron chi connectivity index (χ2n) is 3.77. The van der Waals surface area contributed by atoms with E-state index in [1.165, 1.54) is 19.3 Å². The SMILES string of the molecule is c1cc(B2N[C@H]3CCC[C@H]3O2)[nH]n1. The molecule has 0 bridgehead atoms. The van der Waals surface area contributed by atoms with Gasteiger partial charge in [0.2, 0.25) is 0 Å². The van der Waals surface area contributed by atoms with Gasteiger partial charge in [-0.25, -0.2) is 0 Å². The number of H-pyrrole nitrogens is 1. The minimum Gasteiger partial charge on any atom is -0.412 e. The van der Waals surface area contributed by atoms with Crippen molar-refractivity contribution in [1.82, 2.24) is 15.4 Å². The Bertz CT molecular complexity index is 278. The molecule has 1 aromatic rings. The van der Waals surface area contributed by atoms with Gasteiger partial charge < -0.3 is 9.88 Å². The van der Waals surface area contributed by atoms with Crippen LogP contribution in [0.5, 0.6) is 0 Å². The number of hydrogen-bond acceptors (Lipinski definition) is 3. The lowest BCUT2D eigenvalue weighted by molar-refractivity contribution is 0.233. The molecule has 0 aromatic carbocycles. The highest BCUT2D eigenvalue weighted by Gasteiger charge is 2.41. The monoisotopic (exact) mass is 177 g/mol. The number of aromatic amines is 1. The molecule has 2 N–H and O–H groups in total. The molecule has 13 heavy (non-hydrogen) atoms. The van der Waals surface area contributed by atoms with Crippen molar-refractivity contribution in [2.75, 3.05) is 0 Å². The summed E-state index contributed by atoms with van der Waals surface area (Å²) in [5.41, 5.74) is 1.04. The average Bonchev–Trinajstić information content (AvgIpc) is 2.78. The van der Waals surface area contributed by atoms with Crippen molar-refractivity contribution >= 4 is 12.6 Å². The van der Waals surface area contributed by atoms with E-state index >= 15 is 0 Å². The van der Waals surface area contributed by atoms with Crippen LogP contribution in [-0.4, -0.2) is 29.4 Å². The van der Waals surface area contributed by atoms with E-state index in [2.05, 4.69) is 15.4 Å². The maximum atomic E-state index is 5.85. The van der Waals surface area contributed by atoms with Gasteiger partial charge in [-0.15, -0.1) is 0 Å². The summed E-state index contributed by atoms with van der Waals surface area (Å²) in [7, 11) is 0.0396. The molecule has 0 amide bonds. The first-order chi connectivity index (χ1) is 6.43. The van der Waals surface area contributed by atoms with Crippen molar-refractivity contribution in [2.45, 2.75) is 31.4 Å². The predicted octanol–water partition coefficient (Wildman–Crippen LogP) is -0.354. The molecule has 68 valence electrons. The molecular weight excluding hydrogens is 165 g/mol. The van der Waals surface area contributed by atoms with Crippen LogP contribution in [0.4, 0.5) is 0 Å². The predicted molar refractivity (Wildman–Crippen MR) is 49.6 cm³/mol. The second-order valence-corrected chi connectivity index (χ2v) is 3.77. The Labute approximate surface area is 77.2 Å². The van der Waals surface area contributed by atoms with E-state index in [4.69, 9.17) is 4.65 Å². The van der Waals surface area contributed by atoms with E-state index < -0.39 is 0 Å². The number of hydrogen-bond donors (Lipinski definition) is 2. The van der Waals surface area contributed by atoms with Gasteiger partial charge >= 0.3 is 7.05 Å². The molecule has 2 aliphatic rings. The summed E-state index contributed by atoms with van der Waals surface area (Å²) in [5, 5.41) is 10.3. The van der Waals surface area contributed by atoms with Gasteiger partial charge in [0.25, 0.3) is 0 Å². The lowest BCUT2D eigenvalue weighted by Gasteiger charge is -2.05. The normalized spacial score (nSPS) is 32.5. The van der Waals surface area contributed by atoms with Crippen LogP contribution < -0.4 is 10.8 Å². The Hall–Kier alpha value is -0.805. The molecule has 2 atom stereocenters. The minimum absolute atomic E-state index is 0.0396. The Kier molecular flexibility index (Phi) is 1.66. The second kappa shape index (κ2) is 2.85. The van der Waals surface area contributed by atoms with E-state index in [0.29, 0.717) is 12.1 Å². The number of rotatable bonds is 1. The summed E-state index contributed by atoms with van der Waals surface area (Å²) in [4.78, 5) is 0. The van der Waals surface area contributed by atoms with Crippen LogP contribution in [-0.2, 0) is 4.65 Å². The zero-order valence-corrected chi connectivity index (χ0v) is 7.36. The maximum absolute atomic E-state index is 5.85. The summed E-state index contributed by atoms with van der Waals surface area (Å²) in [5.74, 6) is 0. The lowest BCUT2D eigenvalue weighted by Crippen LogP contribution is -2.44. The number of aromatic nitrogens is 2. The summed E-state index contributed by atoms with van der Waals surface area (Å²) < 4.78 is 5.85. The summed E-state index contributed by atoms with van der Waals surface area (Å²) in [6, 6.07) is 2.52. The van der Waals surface area contributed by atoms with Crippen LogP contribution in [0.3, 0.4) is 0 Å². The van der Waals surface area contributed by atoms with Crippen molar-refractivity contribution in [3.05, 3.63) is 12.3 Å². The van der Waals surface area contributed by atoms with E-state index in [1.807, 2.05) is 6.07 Å². The molecule has 0 radical (unpaired) electrons. The Morgan fingerprint density at radius 1 is 1.54 bits per heavy atom. The zero-order chi connectivity index (χ0) is 8.67. The first kappa shape index (κ1) is 7.59. The third-order valence-corrected chi connectivity index (χ3v) is 2.93. The van der Waals surface area contributed by atoms with Crippen LogP contribution >= 0.6 is 0 Å². The fourth-order valence-corrected chi connectivity index (χ4v) is 2.26. The van der Waals surface area contributed by atoms with Gasteiger partial charge in [-0.1, -0.05) is 0 Å². The van der Waals surface area contributed by atoms with Crippen LogP contribution in [0.1, 0.15) is 19.3 Å². The van der Waals surface area contributed by atoms with E-state index in [1.54, 1.807) is 6.20 Å². The van der Waals surface area contributed by atoms with Gasteiger partial charge in [0.05, 0.1) is 11.7 Å². The standard InChI is InChI=1S/C8H12BN3O/c1-2-6-7(3-1)13-9(11-6)8-4-5-10-12-8/h4-7,11H,1-3H2,(H,10,12)/t6-,7+/m0/s1. The van der Waals surface area contributed by atoms with Crippen LogP contribution in [0.2, 0.25) is 0 Å². The van der Waals surface area contributed by atoms with Gasteiger partial charge in [-0.3, -0.25) is 5.10 Å². The largest absolute Gasteiger partial charge is 0.435 e. The fourth-order valence-electron chi connectivity index (χ4n) is 2.26. The minimum atomic E-state index is 0.0396. The fraction of sp³-hybridized carbons (Fsp3) is 0.625. The van der Waals surface area contributed by atoms with Crippen molar-refractivity contribution < 1.29 is 4.65 Å². The zero-order valence-electron chi connectivity index (χ0n) is 7.36. The summed E-state index contributed by atoms with van der Waals surface area (Å²) in [6.07, 6.45) is 5.91. The van der Waals surface area contributed by atoms with Crippen molar-refractivity contribution in [1.29, 1.82) is 0 Å². The molecule has 0 spiro atoms. The summed E-state index contributed by atoms with van der Waals surface area (Å²) >= 11 is 0. The molecule has 3 rings (SSSR count). The molecule has 0 unspecified atom stereocenters. The number of nitrogens with one attached hydrogen (secondary N) is 2. The number of nitrogens with zero attached hydrogens (tertiary/aromatic N) is 1.